The number of fused-ring (bicyclic) bond motifs is 2. The molecule has 0 N–H and O–H groups in total. The molecule has 100 valence electrons. The zero-order chi connectivity index (χ0) is 14.3. The number of allylic oxidation sites excluding steroid dienone is 2. The minimum Gasteiger partial charge on any atom is -0.267 e. The van der Waals surface area contributed by atoms with Gasteiger partial charge in [0.25, 0.3) is 11.1 Å². The van der Waals surface area contributed by atoms with Crippen molar-refractivity contribution in [1.29, 1.82) is 10.5 Å². The molecule has 6 nitrogen and oxygen atoms in total. The Bertz CT molecular complexity index is 766. The van der Waals surface area contributed by atoms with Gasteiger partial charge in [-0.25, -0.2) is 9.36 Å². The van der Waals surface area contributed by atoms with E-state index in [2.05, 4.69) is 0 Å². The quantitative estimate of drug-likeness (QED) is 0.716. The summed E-state index contributed by atoms with van der Waals surface area (Å²) in [5.41, 5.74) is -0.497. The fourth-order valence-electron chi connectivity index (χ4n) is 2.24. The van der Waals surface area contributed by atoms with E-state index < -0.39 is 0 Å². The van der Waals surface area contributed by atoms with Crippen LogP contribution < -0.4 is 11.1 Å². The van der Waals surface area contributed by atoms with E-state index in [9.17, 15) is 9.59 Å². The highest BCUT2D eigenvalue weighted by Crippen LogP contribution is 2.43. The van der Waals surface area contributed by atoms with Crippen LogP contribution in [0.4, 0.5) is 0 Å². The fraction of sp³-hybridized carbons (Fsp3) is 0.333. The topological polar surface area (TPSA) is 91.6 Å². The molecule has 0 saturated heterocycles. The third-order valence-electron chi connectivity index (χ3n) is 3.16. The zero-order valence-electron chi connectivity index (χ0n) is 10.3. The molecule has 20 heavy (non-hydrogen) atoms. The normalized spacial score (nSPS) is 16.9. The van der Waals surface area contributed by atoms with Crippen LogP contribution in [0, 0.1) is 22.7 Å². The molecule has 2 aliphatic rings. The van der Waals surface area contributed by atoms with Crippen LogP contribution in [0.1, 0.15) is 12.8 Å². The third-order valence-corrected chi connectivity index (χ3v) is 5.59. The lowest BCUT2D eigenvalue weighted by molar-refractivity contribution is 0.321. The molecule has 0 unspecified atom stereocenters. The highest BCUT2D eigenvalue weighted by molar-refractivity contribution is 8.09. The van der Waals surface area contributed by atoms with Gasteiger partial charge in [0.15, 0.2) is 0 Å². The summed E-state index contributed by atoms with van der Waals surface area (Å²) < 4.78 is 2.90. The summed E-state index contributed by atoms with van der Waals surface area (Å²) in [6.45, 7) is 1.03. The second kappa shape index (κ2) is 4.89. The molecule has 3 heterocycles. The number of hydrogen-bond donors (Lipinski definition) is 0. The molecule has 0 fully saturated rings. The number of thioether (sulfide) groups is 2. The van der Waals surface area contributed by atoms with E-state index in [1.807, 2.05) is 12.1 Å². The molecule has 0 saturated carbocycles. The van der Waals surface area contributed by atoms with Crippen molar-refractivity contribution in [1.82, 2.24) is 9.36 Å². The molecule has 8 heteroatoms. The molecule has 1 aromatic heterocycles. The zero-order valence-corrected chi connectivity index (χ0v) is 11.9. The van der Waals surface area contributed by atoms with Gasteiger partial charge in [-0.05, 0) is 12.8 Å². The monoisotopic (exact) mass is 304 g/mol. The lowest BCUT2D eigenvalue weighted by atomic mass is 10.2. The molecule has 2 aliphatic heterocycles. The number of rotatable bonds is 0. The Kier molecular flexibility index (Phi) is 3.20. The Morgan fingerprint density at radius 2 is 1.25 bits per heavy atom. The molecular weight excluding hydrogens is 296 g/mol. The minimum atomic E-state index is -0.249. The van der Waals surface area contributed by atoms with Crippen molar-refractivity contribution < 1.29 is 0 Å². The first-order chi connectivity index (χ1) is 9.67. The maximum atomic E-state index is 12.4. The van der Waals surface area contributed by atoms with Crippen molar-refractivity contribution in [3.63, 3.8) is 0 Å². The van der Waals surface area contributed by atoms with Gasteiger partial charge in [0, 0.05) is 13.1 Å². The second-order valence-electron chi connectivity index (χ2n) is 4.31. The Morgan fingerprint density at radius 1 is 0.850 bits per heavy atom. The van der Waals surface area contributed by atoms with Crippen LogP contribution in [0.15, 0.2) is 29.2 Å². The van der Waals surface area contributed by atoms with Gasteiger partial charge in [0.2, 0.25) is 0 Å². The van der Waals surface area contributed by atoms with Gasteiger partial charge in [0.05, 0.1) is 9.79 Å². The Morgan fingerprint density at radius 3 is 1.60 bits per heavy atom. The maximum absolute atomic E-state index is 12.4. The lowest BCUT2D eigenvalue weighted by Gasteiger charge is -2.23. The van der Waals surface area contributed by atoms with Crippen LogP contribution >= 0.6 is 23.5 Å². The Labute approximate surface area is 122 Å². The van der Waals surface area contributed by atoms with Gasteiger partial charge in [-0.15, -0.1) is 0 Å². The number of nitrogens with zero attached hydrogens (tertiary/aromatic N) is 4. The molecule has 3 rings (SSSR count). The molecule has 0 amide bonds. The standard InChI is InChI=1S/C12H8N4O2S2/c13-5-7-8(6-14)20-10-9(19-7)11(17)15-3-1-2-4-16(15)12(10)18/h1-4H2. The predicted molar refractivity (Wildman–Crippen MR) is 74.2 cm³/mol. The summed E-state index contributed by atoms with van der Waals surface area (Å²) in [5.74, 6) is 0. The van der Waals surface area contributed by atoms with E-state index in [-0.39, 0.29) is 30.7 Å². The second-order valence-corrected chi connectivity index (χ2v) is 6.35. The maximum Gasteiger partial charge on any atom is 0.280 e. The van der Waals surface area contributed by atoms with Crippen LogP contribution in [-0.4, -0.2) is 9.36 Å². The van der Waals surface area contributed by atoms with Crippen LogP contribution in [0.2, 0.25) is 0 Å². The summed E-state index contributed by atoms with van der Waals surface area (Å²) >= 11 is 1.86. The minimum absolute atomic E-state index is 0.183. The number of nitriles is 2. The van der Waals surface area contributed by atoms with E-state index in [1.165, 1.54) is 9.36 Å². The van der Waals surface area contributed by atoms with E-state index >= 15 is 0 Å². The molecule has 0 radical (unpaired) electrons. The Hall–Kier alpha value is -1.90. The van der Waals surface area contributed by atoms with Crippen LogP contribution in [0.5, 0.6) is 0 Å². The number of hydrogen-bond acceptors (Lipinski definition) is 6. The largest absolute Gasteiger partial charge is 0.280 e. The van der Waals surface area contributed by atoms with Crippen molar-refractivity contribution >= 4 is 23.5 Å². The molecule has 0 aromatic carbocycles. The van der Waals surface area contributed by atoms with E-state index in [0.29, 0.717) is 13.1 Å². The van der Waals surface area contributed by atoms with Crippen molar-refractivity contribution in [2.75, 3.05) is 0 Å². The molecular formula is C12H8N4O2S2. The summed E-state index contributed by atoms with van der Waals surface area (Å²) in [7, 11) is 0. The van der Waals surface area contributed by atoms with Crippen molar-refractivity contribution in [3.05, 3.63) is 30.5 Å². The van der Waals surface area contributed by atoms with Crippen molar-refractivity contribution in [3.8, 4) is 12.1 Å². The van der Waals surface area contributed by atoms with Gasteiger partial charge in [-0.1, -0.05) is 23.5 Å². The smallest absolute Gasteiger partial charge is 0.267 e. The van der Waals surface area contributed by atoms with Gasteiger partial charge >= 0.3 is 0 Å². The van der Waals surface area contributed by atoms with E-state index in [1.54, 1.807) is 0 Å². The SMILES string of the molecule is N#CC1=C(C#N)Sc2c(c(=O)n3n(c2=O)CCCC3)S1. The van der Waals surface area contributed by atoms with E-state index in [0.717, 1.165) is 36.4 Å². The molecule has 1 aromatic rings. The summed E-state index contributed by atoms with van der Waals surface area (Å²) in [4.78, 5) is 25.8. The molecule has 0 aliphatic carbocycles. The van der Waals surface area contributed by atoms with Crippen LogP contribution in [0.3, 0.4) is 0 Å². The van der Waals surface area contributed by atoms with Gasteiger partial charge in [-0.2, -0.15) is 10.5 Å². The van der Waals surface area contributed by atoms with Gasteiger partial charge < -0.3 is 0 Å². The molecule has 0 spiro atoms. The highest BCUT2D eigenvalue weighted by atomic mass is 32.2. The summed E-state index contributed by atoms with van der Waals surface area (Å²) in [6.07, 6.45) is 1.72. The van der Waals surface area contributed by atoms with Crippen LogP contribution in [-0.2, 0) is 13.1 Å². The summed E-state index contributed by atoms with van der Waals surface area (Å²) in [5, 5.41) is 18.1. The first kappa shape index (κ1) is 13.1. The van der Waals surface area contributed by atoms with Gasteiger partial charge in [0.1, 0.15) is 21.9 Å². The van der Waals surface area contributed by atoms with E-state index in [4.69, 9.17) is 10.5 Å². The Balaban J connectivity index is 2.28. The van der Waals surface area contributed by atoms with Gasteiger partial charge in [-0.3, -0.25) is 9.59 Å². The molecule has 0 atom stereocenters. The third kappa shape index (κ3) is 1.80. The first-order valence-electron chi connectivity index (χ1n) is 5.95. The first-order valence-corrected chi connectivity index (χ1v) is 7.58. The average molecular weight is 304 g/mol. The van der Waals surface area contributed by atoms with Crippen molar-refractivity contribution in [2.24, 2.45) is 0 Å². The molecule has 0 bridgehead atoms. The predicted octanol–water partition coefficient (Wildman–Crippen LogP) is 1.26. The summed E-state index contributed by atoms with van der Waals surface area (Å²) in [6, 6.07) is 3.83. The fourth-order valence-corrected chi connectivity index (χ4v) is 4.26. The average Bonchev–Trinajstić information content (AvgIpc) is 2.51. The number of aromatic nitrogens is 2. The van der Waals surface area contributed by atoms with Crippen molar-refractivity contribution in [2.45, 2.75) is 35.7 Å². The lowest BCUT2D eigenvalue weighted by Crippen LogP contribution is -2.43. The highest BCUT2D eigenvalue weighted by Gasteiger charge is 2.28. The van der Waals surface area contributed by atoms with Crippen LogP contribution in [0.25, 0.3) is 0 Å².